The van der Waals surface area contributed by atoms with Crippen LogP contribution in [0.5, 0.6) is 5.75 Å². The first-order valence-corrected chi connectivity index (χ1v) is 13.2. The van der Waals surface area contributed by atoms with Gasteiger partial charge in [-0.25, -0.2) is 9.59 Å². The van der Waals surface area contributed by atoms with Gasteiger partial charge in [0.25, 0.3) is 5.56 Å². The summed E-state index contributed by atoms with van der Waals surface area (Å²) in [6, 6.07) is 16.5. The maximum Gasteiger partial charge on any atom is 0.344 e. The molecule has 7 rings (SSSR count). The second kappa shape index (κ2) is 8.97. The zero-order valence-corrected chi connectivity index (χ0v) is 21.5. The summed E-state index contributed by atoms with van der Waals surface area (Å²) in [6.07, 6.45) is 1.00. The minimum atomic E-state index is -0.640. The normalized spacial score (nSPS) is 18.9. The molecule has 39 heavy (non-hydrogen) atoms. The minimum absolute atomic E-state index is 0.00693. The van der Waals surface area contributed by atoms with E-state index in [9.17, 15) is 19.5 Å². The summed E-state index contributed by atoms with van der Waals surface area (Å²) in [5.74, 6) is 0.498. The summed E-state index contributed by atoms with van der Waals surface area (Å²) in [5, 5.41) is 12.5. The van der Waals surface area contributed by atoms with E-state index in [4.69, 9.17) is 20.4 Å². The summed E-state index contributed by atoms with van der Waals surface area (Å²) < 4.78 is 13.0. The van der Waals surface area contributed by atoms with E-state index < -0.39 is 11.3 Å². The number of nitrogens with zero attached hydrogens (tertiary/aromatic N) is 2. The first kappa shape index (κ1) is 23.9. The summed E-state index contributed by atoms with van der Waals surface area (Å²) in [4.78, 5) is 40.3. The van der Waals surface area contributed by atoms with E-state index in [0.717, 1.165) is 18.7 Å². The van der Waals surface area contributed by atoms with Gasteiger partial charge in [0, 0.05) is 71.3 Å². The van der Waals surface area contributed by atoms with E-state index in [-0.39, 0.29) is 28.4 Å². The molecule has 0 unspecified atom stereocenters. The average molecular weight is 543 g/mol. The van der Waals surface area contributed by atoms with Gasteiger partial charge in [-0.1, -0.05) is 17.7 Å². The number of rotatable bonds is 3. The second-order valence-corrected chi connectivity index (χ2v) is 10.9. The highest BCUT2D eigenvalue weighted by molar-refractivity contribution is 6.31. The zero-order chi connectivity index (χ0) is 26.8. The molecule has 2 aliphatic heterocycles. The molecule has 1 N–H and O–H groups in total. The van der Waals surface area contributed by atoms with Crippen LogP contribution < -0.4 is 16.8 Å². The van der Waals surface area contributed by atoms with Crippen molar-refractivity contribution < 1.29 is 13.9 Å². The number of hydrogen-bond donors (Lipinski definition) is 1. The SMILES string of the molecule is O=c1cc(-c2cc3cc(Cl)ccc3oc2=O)c2ccc(O)c(CN3C[C@H]4C[C@@H](C3)c3cccc(=O)n3C4)c2o1. The van der Waals surface area contributed by atoms with E-state index in [1.54, 1.807) is 48.5 Å². The highest BCUT2D eigenvalue weighted by Crippen LogP contribution is 2.38. The van der Waals surface area contributed by atoms with Crippen molar-refractivity contribution in [3.05, 3.63) is 108 Å². The lowest BCUT2D eigenvalue weighted by atomic mass is 9.83. The van der Waals surface area contributed by atoms with E-state index in [0.29, 0.717) is 58.1 Å². The van der Waals surface area contributed by atoms with Gasteiger partial charge < -0.3 is 18.5 Å². The Kier molecular flexibility index (Phi) is 5.50. The van der Waals surface area contributed by atoms with Crippen molar-refractivity contribution in [1.29, 1.82) is 0 Å². The Morgan fingerprint density at radius 2 is 1.79 bits per heavy atom. The predicted molar refractivity (Wildman–Crippen MR) is 147 cm³/mol. The molecule has 8 nitrogen and oxygen atoms in total. The number of phenols is 1. The molecule has 0 spiro atoms. The van der Waals surface area contributed by atoms with Crippen molar-refractivity contribution in [2.24, 2.45) is 5.92 Å². The molecule has 0 saturated carbocycles. The van der Waals surface area contributed by atoms with Crippen LogP contribution >= 0.6 is 11.6 Å². The number of benzene rings is 2. The third kappa shape index (κ3) is 4.07. The first-order chi connectivity index (χ1) is 18.8. The van der Waals surface area contributed by atoms with E-state index in [1.807, 2.05) is 10.6 Å². The molecule has 196 valence electrons. The van der Waals surface area contributed by atoms with Crippen molar-refractivity contribution in [3.63, 3.8) is 0 Å². The van der Waals surface area contributed by atoms with Crippen LogP contribution in [0.2, 0.25) is 5.02 Å². The Hall–Kier alpha value is -4.14. The van der Waals surface area contributed by atoms with Crippen LogP contribution in [-0.2, 0) is 13.1 Å². The number of aromatic hydroxyl groups is 1. The van der Waals surface area contributed by atoms with Gasteiger partial charge in [-0.2, -0.15) is 0 Å². The Morgan fingerprint density at radius 1 is 0.923 bits per heavy atom. The van der Waals surface area contributed by atoms with Gasteiger partial charge in [-0.15, -0.1) is 0 Å². The molecule has 0 aliphatic carbocycles. The monoisotopic (exact) mass is 542 g/mol. The number of fused-ring (bicyclic) bond motifs is 6. The molecule has 5 heterocycles. The van der Waals surface area contributed by atoms with Crippen molar-refractivity contribution in [1.82, 2.24) is 9.47 Å². The number of hydrogen-bond acceptors (Lipinski definition) is 7. The lowest BCUT2D eigenvalue weighted by Gasteiger charge is -2.42. The number of phenolic OH excluding ortho intramolecular Hbond substituents is 1. The van der Waals surface area contributed by atoms with Crippen LogP contribution in [0.15, 0.2) is 83.9 Å². The molecule has 1 fully saturated rings. The van der Waals surface area contributed by atoms with Crippen LogP contribution in [0, 0.1) is 5.92 Å². The average Bonchev–Trinajstić information content (AvgIpc) is 2.90. The highest BCUT2D eigenvalue weighted by atomic mass is 35.5. The third-order valence-electron chi connectivity index (χ3n) is 7.91. The molecule has 1 saturated heterocycles. The van der Waals surface area contributed by atoms with E-state index in [2.05, 4.69) is 4.90 Å². The van der Waals surface area contributed by atoms with Crippen LogP contribution in [0.3, 0.4) is 0 Å². The largest absolute Gasteiger partial charge is 0.507 e. The molecular weight excluding hydrogens is 520 g/mol. The number of pyridine rings is 1. The quantitative estimate of drug-likeness (QED) is 0.329. The summed E-state index contributed by atoms with van der Waals surface area (Å²) in [7, 11) is 0. The van der Waals surface area contributed by atoms with Gasteiger partial charge in [0.15, 0.2) is 0 Å². The van der Waals surface area contributed by atoms with E-state index in [1.165, 1.54) is 6.07 Å². The summed E-state index contributed by atoms with van der Waals surface area (Å²) in [6.45, 7) is 2.45. The number of piperidine rings is 1. The fraction of sp³-hybridized carbons (Fsp3) is 0.233. The third-order valence-corrected chi connectivity index (χ3v) is 8.15. The van der Waals surface area contributed by atoms with Crippen LogP contribution in [0.4, 0.5) is 0 Å². The molecular formula is C30H23ClN2O6. The van der Waals surface area contributed by atoms with Crippen LogP contribution in [0.1, 0.15) is 23.6 Å². The van der Waals surface area contributed by atoms with Gasteiger partial charge in [0.1, 0.15) is 16.9 Å². The maximum atomic E-state index is 13.0. The Balaban J connectivity index is 1.31. The molecule has 5 aromatic rings. The second-order valence-electron chi connectivity index (χ2n) is 10.4. The van der Waals surface area contributed by atoms with Crippen LogP contribution in [-0.4, -0.2) is 27.7 Å². The Morgan fingerprint density at radius 3 is 2.67 bits per heavy atom. The fourth-order valence-electron chi connectivity index (χ4n) is 6.28. The molecule has 0 amide bonds. The summed E-state index contributed by atoms with van der Waals surface area (Å²) >= 11 is 6.14. The van der Waals surface area contributed by atoms with Crippen LogP contribution in [0.25, 0.3) is 33.1 Å². The number of likely N-dealkylation sites (tertiary alicyclic amines) is 1. The van der Waals surface area contributed by atoms with E-state index >= 15 is 0 Å². The molecule has 2 aliphatic rings. The van der Waals surface area contributed by atoms with Gasteiger partial charge >= 0.3 is 11.3 Å². The molecule has 3 aromatic heterocycles. The molecule has 0 radical (unpaired) electrons. The van der Waals surface area contributed by atoms with Gasteiger partial charge in [-0.05, 0) is 54.8 Å². The first-order valence-electron chi connectivity index (χ1n) is 12.8. The van der Waals surface area contributed by atoms with Gasteiger partial charge in [-0.3, -0.25) is 9.69 Å². The minimum Gasteiger partial charge on any atom is -0.507 e. The lowest BCUT2D eigenvalue weighted by molar-refractivity contribution is 0.113. The Bertz CT molecular complexity index is 1970. The Labute approximate surface area is 226 Å². The zero-order valence-electron chi connectivity index (χ0n) is 20.7. The molecule has 2 atom stereocenters. The van der Waals surface area contributed by atoms with Gasteiger partial charge in [0.2, 0.25) is 0 Å². The smallest absolute Gasteiger partial charge is 0.344 e. The lowest BCUT2D eigenvalue weighted by Crippen LogP contribution is -2.46. The fourth-order valence-corrected chi connectivity index (χ4v) is 6.46. The number of halogens is 1. The van der Waals surface area contributed by atoms with Gasteiger partial charge in [0.05, 0.1) is 11.1 Å². The van der Waals surface area contributed by atoms with Crippen molar-refractivity contribution in [2.75, 3.05) is 13.1 Å². The topological polar surface area (TPSA) is 106 Å². The summed E-state index contributed by atoms with van der Waals surface area (Å²) in [5.41, 5.74) is 1.48. The van der Waals surface area contributed by atoms with Crippen molar-refractivity contribution in [2.45, 2.75) is 25.4 Å². The standard InChI is InChI=1S/C30H23ClN2O6/c31-19-4-7-26-17(9-19)10-22(30(37)38-26)21-11-28(36)39-29-20(21)5-6-25(34)23(29)15-32-12-16-8-18(14-32)24-2-1-3-27(35)33(24)13-16/h1-7,9-11,16,18,34H,8,12-15H2/t16-,18+/m1/s1. The molecule has 2 bridgehead atoms. The molecule has 9 heteroatoms. The number of aromatic nitrogens is 1. The molecule has 2 aromatic carbocycles. The highest BCUT2D eigenvalue weighted by Gasteiger charge is 2.35. The predicted octanol–water partition coefficient (Wildman–Crippen LogP) is 4.71. The van der Waals surface area contributed by atoms with Crippen molar-refractivity contribution in [3.8, 4) is 16.9 Å². The maximum absolute atomic E-state index is 13.0. The van der Waals surface area contributed by atoms with Crippen molar-refractivity contribution >= 4 is 33.5 Å².